The highest BCUT2D eigenvalue weighted by molar-refractivity contribution is 9.10. The molecule has 0 atom stereocenters. The molecule has 2 rings (SSSR count). The van der Waals surface area contributed by atoms with Crippen LogP contribution in [0.5, 0.6) is 0 Å². The van der Waals surface area contributed by atoms with Crippen molar-refractivity contribution in [3.63, 3.8) is 0 Å². The zero-order chi connectivity index (χ0) is 15.6. The highest BCUT2D eigenvalue weighted by Gasteiger charge is 2.33. The van der Waals surface area contributed by atoms with Gasteiger partial charge in [-0.1, -0.05) is 31.9 Å². The maximum Gasteiger partial charge on any atom is 0.417 e. The Balaban J connectivity index is 2.19. The van der Waals surface area contributed by atoms with E-state index in [0.29, 0.717) is 15.7 Å². The number of nitrogens with one attached hydrogen (secondary N) is 1. The fourth-order valence-corrected chi connectivity index (χ4v) is 2.59. The minimum atomic E-state index is -4.43. The molecule has 7 heteroatoms. The molecule has 0 aliphatic heterocycles. The zero-order valence-corrected chi connectivity index (χ0v) is 13.6. The fourth-order valence-electron chi connectivity index (χ4n) is 1.73. The first kappa shape index (κ1) is 16.3. The molecule has 0 heterocycles. The van der Waals surface area contributed by atoms with Crippen LogP contribution < -0.4 is 5.32 Å². The lowest BCUT2D eigenvalue weighted by Crippen LogP contribution is -2.08. The van der Waals surface area contributed by atoms with Crippen LogP contribution in [0.25, 0.3) is 0 Å². The summed E-state index contributed by atoms with van der Waals surface area (Å²) in [4.78, 5) is 0. The average molecular weight is 427 g/mol. The van der Waals surface area contributed by atoms with Crippen LogP contribution >= 0.6 is 31.9 Å². The first-order valence-electron chi connectivity index (χ1n) is 5.82. The predicted molar refractivity (Wildman–Crippen MR) is 80.6 cm³/mol. The first-order chi connectivity index (χ1) is 9.77. The van der Waals surface area contributed by atoms with Gasteiger partial charge in [0.15, 0.2) is 0 Å². The van der Waals surface area contributed by atoms with Crippen LogP contribution in [-0.4, -0.2) is 0 Å². The number of anilines is 1. The van der Waals surface area contributed by atoms with Crippen molar-refractivity contribution in [3.05, 3.63) is 62.3 Å². The summed E-state index contributed by atoms with van der Waals surface area (Å²) in [5.41, 5.74) is 0.166. The van der Waals surface area contributed by atoms with Gasteiger partial charge in [0.2, 0.25) is 0 Å². The quantitative estimate of drug-likeness (QED) is 0.595. The molecule has 0 unspecified atom stereocenters. The third-order valence-corrected chi connectivity index (χ3v) is 4.23. The Labute approximate surface area is 135 Å². The molecular weight excluding hydrogens is 418 g/mol. The second-order valence-electron chi connectivity index (χ2n) is 4.28. The van der Waals surface area contributed by atoms with Crippen molar-refractivity contribution in [1.82, 2.24) is 0 Å². The first-order valence-corrected chi connectivity index (χ1v) is 7.40. The van der Waals surface area contributed by atoms with Crippen LogP contribution in [-0.2, 0) is 12.7 Å². The highest BCUT2D eigenvalue weighted by atomic mass is 79.9. The van der Waals surface area contributed by atoms with Crippen molar-refractivity contribution < 1.29 is 17.6 Å². The van der Waals surface area contributed by atoms with Gasteiger partial charge in [-0.25, -0.2) is 4.39 Å². The molecule has 0 bridgehead atoms. The lowest BCUT2D eigenvalue weighted by molar-refractivity contribution is -0.138. The summed E-state index contributed by atoms with van der Waals surface area (Å²) in [6.07, 6.45) is -4.43. The van der Waals surface area contributed by atoms with Gasteiger partial charge in [-0.05, 0) is 42.0 Å². The smallest absolute Gasteiger partial charge is 0.381 e. The Morgan fingerprint density at radius 1 is 0.952 bits per heavy atom. The SMILES string of the molecule is Fc1ccc(Br)c(CNc2ccc(Br)c(C(F)(F)F)c2)c1. The van der Waals surface area contributed by atoms with E-state index in [0.717, 1.165) is 6.07 Å². The number of hydrogen-bond donors (Lipinski definition) is 1. The predicted octanol–water partition coefficient (Wildman–Crippen LogP) is 5.98. The molecule has 0 spiro atoms. The van der Waals surface area contributed by atoms with E-state index in [4.69, 9.17) is 0 Å². The molecule has 0 saturated carbocycles. The molecule has 2 aromatic carbocycles. The maximum absolute atomic E-state index is 13.1. The largest absolute Gasteiger partial charge is 0.417 e. The molecule has 0 aliphatic carbocycles. The summed E-state index contributed by atoms with van der Waals surface area (Å²) in [5.74, 6) is -0.401. The summed E-state index contributed by atoms with van der Waals surface area (Å²) in [6, 6.07) is 8.03. The standard InChI is InChI=1S/C14H9Br2F4N/c15-12-3-1-9(17)5-8(12)7-21-10-2-4-13(16)11(6-10)14(18,19)20/h1-6,21H,7H2. The summed E-state index contributed by atoms with van der Waals surface area (Å²) in [5, 5.41) is 2.85. The molecule has 0 saturated heterocycles. The third-order valence-electron chi connectivity index (χ3n) is 2.76. The lowest BCUT2D eigenvalue weighted by atomic mass is 10.1. The second-order valence-corrected chi connectivity index (χ2v) is 5.99. The van der Waals surface area contributed by atoms with Gasteiger partial charge in [0, 0.05) is 21.2 Å². The van der Waals surface area contributed by atoms with Gasteiger partial charge in [0.1, 0.15) is 5.82 Å². The topological polar surface area (TPSA) is 12.0 Å². The van der Waals surface area contributed by atoms with Crippen molar-refractivity contribution >= 4 is 37.5 Å². The maximum atomic E-state index is 13.1. The van der Waals surface area contributed by atoms with Crippen molar-refractivity contribution in [3.8, 4) is 0 Å². The number of hydrogen-bond acceptors (Lipinski definition) is 1. The van der Waals surface area contributed by atoms with Gasteiger partial charge < -0.3 is 5.32 Å². The van der Waals surface area contributed by atoms with E-state index in [9.17, 15) is 17.6 Å². The van der Waals surface area contributed by atoms with Gasteiger partial charge >= 0.3 is 6.18 Å². The molecule has 1 nitrogen and oxygen atoms in total. The third kappa shape index (κ3) is 4.20. The Bertz CT molecular complexity index is 656. The summed E-state index contributed by atoms with van der Waals surface area (Å²) in [6.45, 7) is 0.206. The average Bonchev–Trinajstić information content (AvgIpc) is 2.40. The van der Waals surface area contributed by atoms with Crippen LogP contribution in [0, 0.1) is 5.82 Å². The van der Waals surface area contributed by atoms with E-state index in [1.54, 1.807) is 6.07 Å². The van der Waals surface area contributed by atoms with Crippen LogP contribution in [0.4, 0.5) is 23.2 Å². The Hall–Kier alpha value is -1.08. The highest BCUT2D eigenvalue weighted by Crippen LogP contribution is 2.36. The number of benzene rings is 2. The van der Waals surface area contributed by atoms with E-state index >= 15 is 0 Å². The van der Waals surface area contributed by atoms with Crippen LogP contribution in [0.15, 0.2) is 45.3 Å². The lowest BCUT2D eigenvalue weighted by Gasteiger charge is -2.13. The number of halogens is 6. The monoisotopic (exact) mass is 425 g/mol. The fraction of sp³-hybridized carbons (Fsp3) is 0.143. The van der Waals surface area contributed by atoms with E-state index in [-0.39, 0.29) is 11.0 Å². The van der Waals surface area contributed by atoms with Gasteiger partial charge in [0.25, 0.3) is 0 Å². The van der Waals surface area contributed by atoms with Crippen LogP contribution in [0.1, 0.15) is 11.1 Å². The van der Waals surface area contributed by atoms with Crippen molar-refractivity contribution in [2.45, 2.75) is 12.7 Å². The molecule has 21 heavy (non-hydrogen) atoms. The molecule has 0 radical (unpaired) electrons. The normalized spacial score (nSPS) is 11.5. The molecule has 1 N–H and O–H groups in total. The van der Waals surface area contributed by atoms with Crippen molar-refractivity contribution in [2.75, 3.05) is 5.32 Å². The summed E-state index contributed by atoms with van der Waals surface area (Å²) in [7, 11) is 0. The Morgan fingerprint density at radius 3 is 2.29 bits per heavy atom. The molecule has 2 aromatic rings. The van der Waals surface area contributed by atoms with Crippen molar-refractivity contribution in [1.29, 1.82) is 0 Å². The second kappa shape index (κ2) is 6.36. The summed E-state index contributed by atoms with van der Waals surface area (Å²) >= 11 is 6.15. The van der Waals surface area contributed by atoms with E-state index in [2.05, 4.69) is 37.2 Å². The Kier molecular flexibility index (Phi) is 4.93. The molecule has 0 fully saturated rings. The minimum absolute atomic E-state index is 0.0208. The number of alkyl halides is 3. The van der Waals surface area contributed by atoms with Gasteiger partial charge in [-0.3, -0.25) is 0 Å². The van der Waals surface area contributed by atoms with Crippen LogP contribution in [0.3, 0.4) is 0 Å². The van der Waals surface area contributed by atoms with Crippen LogP contribution in [0.2, 0.25) is 0 Å². The summed E-state index contributed by atoms with van der Waals surface area (Å²) < 4.78 is 52.2. The van der Waals surface area contributed by atoms with Gasteiger partial charge in [-0.2, -0.15) is 13.2 Å². The van der Waals surface area contributed by atoms with Gasteiger partial charge in [0.05, 0.1) is 5.56 Å². The Morgan fingerprint density at radius 2 is 1.62 bits per heavy atom. The zero-order valence-electron chi connectivity index (χ0n) is 10.4. The van der Waals surface area contributed by atoms with Crippen molar-refractivity contribution in [2.24, 2.45) is 0 Å². The number of rotatable bonds is 3. The molecule has 112 valence electrons. The van der Waals surface area contributed by atoms with E-state index < -0.39 is 17.6 Å². The molecule has 0 aliphatic rings. The minimum Gasteiger partial charge on any atom is -0.381 e. The molecule has 0 amide bonds. The molecular formula is C14H9Br2F4N. The van der Waals surface area contributed by atoms with E-state index in [1.807, 2.05) is 0 Å². The van der Waals surface area contributed by atoms with E-state index in [1.165, 1.54) is 24.3 Å². The van der Waals surface area contributed by atoms with Gasteiger partial charge in [-0.15, -0.1) is 0 Å². The molecule has 0 aromatic heterocycles.